The molecule has 2 rings (SSSR count). The van der Waals surface area contributed by atoms with E-state index in [4.69, 9.17) is 5.11 Å². The molecular formula is C15H19N3O2. The first-order chi connectivity index (χ1) is 9.60. The summed E-state index contributed by atoms with van der Waals surface area (Å²) in [5.74, 6) is -0.819. The third-order valence-corrected chi connectivity index (χ3v) is 3.12. The van der Waals surface area contributed by atoms with Gasteiger partial charge in [-0.3, -0.25) is 4.79 Å². The molecule has 0 atom stereocenters. The molecule has 0 aliphatic rings. The van der Waals surface area contributed by atoms with Crippen molar-refractivity contribution in [2.45, 2.75) is 26.8 Å². The maximum Gasteiger partial charge on any atom is 0.307 e. The molecule has 0 aliphatic heterocycles. The first-order valence-electron chi connectivity index (χ1n) is 6.67. The third kappa shape index (κ3) is 3.45. The van der Waals surface area contributed by atoms with Crippen molar-refractivity contribution < 1.29 is 9.90 Å². The monoisotopic (exact) mass is 273 g/mol. The zero-order valence-electron chi connectivity index (χ0n) is 11.8. The van der Waals surface area contributed by atoms with E-state index in [1.165, 1.54) is 5.56 Å². The van der Waals surface area contributed by atoms with Gasteiger partial charge in [0.15, 0.2) is 0 Å². The number of rotatable bonds is 6. The van der Waals surface area contributed by atoms with Crippen LogP contribution in [-0.4, -0.2) is 27.4 Å². The maximum atomic E-state index is 10.6. The van der Waals surface area contributed by atoms with Crippen LogP contribution in [0.2, 0.25) is 0 Å². The van der Waals surface area contributed by atoms with E-state index < -0.39 is 5.97 Å². The smallest absolute Gasteiger partial charge is 0.307 e. The summed E-state index contributed by atoms with van der Waals surface area (Å²) in [6.45, 7) is 5.79. The number of aliphatic carboxylic acids is 1. The Kier molecular flexibility index (Phi) is 4.53. The van der Waals surface area contributed by atoms with Crippen molar-refractivity contribution in [3.8, 4) is 5.69 Å². The van der Waals surface area contributed by atoms with Crippen molar-refractivity contribution >= 4 is 5.97 Å². The Labute approximate surface area is 118 Å². The highest BCUT2D eigenvalue weighted by Gasteiger charge is 2.06. The molecule has 0 amide bonds. The number of carboxylic acid groups (broad SMARTS) is 1. The third-order valence-electron chi connectivity index (χ3n) is 3.12. The molecule has 0 spiro atoms. The Morgan fingerprint density at radius 2 is 2.05 bits per heavy atom. The largest absolute Gasteiger partial charge is 0.481 e. The lowest BCUT2D eigenvalue weighted by molar-refractivity contribution is -0.136. The molecule has 0 unspecified atom stereocenters. The summed E-state index contributed by atoms with van der Waals surface area (Å²) in [4.78, 5) is 10.6. The fraction of sp³-hybridized carbons (Fsp3) is 0.333. The first kappa shape index (κ1) is 14.3. The van der Waals surface area contributed by atoms with Crippen molar-refractivity contribution in [3.63, 3.8) is 0 Å². The van der Waals surface area contributed by atoms with Crippen LogP contribution in [0.15, 0.2) is 30.5 Å². The lowest BCUT2D eigenvalue weighted by atomic mass is 10.1. The van der Waals surface area contributed by atoms with E-state index in [1.807, 2.05) is 42.1 Å². The molecule has 0 saturated heterocycles. The number of nitrogens with one attached hydrogen (secondary N) is 1. The zero-order chi connectivity index (χ0) is 14.5. The Balaban J connectivity index is 2.17. The lowest BCUT2D eigenvalue weighted by Crippen LogP contribution is -2.11. The summed E-state index contributed by atoms with van der Waals surface area (Å²) >= 11 is 0. The number of hydrogen-bond donors (Lipinski definition) is 2. The minimum absolute atomic E-state index is 0.0457. The molecule has 20 heavy (non-hydrogen) atoms. The van der Waals surface area contributed by atoms with Gasteiger partial charge in [-0.2, -0.15) is 5.10 Å². The van der Waals surface area contributed by atoms with Crippen LogP contribution in [0.4, 0.5) is 0 Å². The van der Waals surface area contributed by atoms with E-state index in [1.54, 1.807) is 0 Å². The van der Waals surface area contributed by atoms with Crippen LogP contribution in [0.1, 0.15) is 23.7 Å². The van der Waals surface area contributed by atoms with Gasteiger partial charge in [-0.15, -0.1) is 0 Å². The second-order valence-corrected chi connectivity index (χ2v) is 4.70. The number of carboxylic acids is 1. The molecule has 5 nitrogen and oxygen atoms in total. The SMILES string of the molecule is CCNCc1cn(-c2ccc(CC(=O)O)cc2)nc1C. The highest BCUT2D eigenvalue weighted by atomic mass is 16.4. The molecule has 0 radical (unpaired) electrons. The number of hydrogen-bond acceptors (Lipinski definition) is 3. The highest BCUT2D eigenvalue weighted by Crippen LogP contribution is 2.13. The number of aromatic nitrogens is 2. The maximum absolute atomic E-state index is 10.6. The second kappa shape index (κ2) is 6.34. The molecule has 0 fully saturated rings. The molecule has 106 valence electrons. The summed E-state index contributed by atoms with van der Waals surface area (Å²) in [5.41, 5.74) is 3.89. The van der Waals surface area contributed by atoms with Crippen LogP contribution >= 0.6 is 0 Å². The van der Waals surface area contributed by atoms with Crippen molar-refractivity contribution in [3.05, 3.63) is 47.3 Å². The molecule has 1 heterocycles. The van der Waals surface area contributed by atoms with Crippen molar-refractivity contribution in [2.75, 3.05) is 6.54 Å². The van der Waals surface area contributed by atoms with E-state index in [0.29, 0.717) is 0 Å². The van der Waals surface area contributed by atoms with E-state index in [-0.39, 0.29) is 6.42 Å². The Hall–Kier alpha value is -2.14. The summed E-state index contributed by atoms with van der Waals surface area (Å²) in [6.07, 6.45) is 2.05. The predicted molar refractivity (Wildman–Crippen MR) is 77.0 cm³/mol. The Morgan fingerprint density at radius 1 is 1.35 bits per heavy atom. The topological polar surface area (TPSA) is 67.2 Å². The fourth-order valence-electron chi connectivity index (χ4n) is 2.00. The minimum Gasteiger partial charge on any atom is -0.481 e. The summed E-state index contributed by atoms with van der Waals surface area (Å²) < 4.78 is 1.83. The molecule has 5 heteroatoms. The predicted octanol–water partition coefficient (Wildman–Crippen LogP) is 1.92. The van der Waals surface area contributed by atoms with Crippen molar-refractivity contribution in [2.24, 2.45) is 0 Å². The van der Waals surface area contributed by atoms with E-state index in [0.717, 1.165) is 30.0 Å². The molecule has 0 saturated carbocycles. The van der Waals surface area contributed by atoms with Crippen LogP contribution in [0.3, 0.4) is 0 Å². The molecule has 1 aromatic heterocycles. The number of benzene rings is 1. The van der Waals surface area contributed by atoms with Crippen LogP contribution in [0.25, 0.3) is 5.69 Å². The van der Waals surface area contributed by atoms with E-state index in [9.17, 15) is 4.79 Å². The molecule has 2 aromatic rings. The van der Waals surface area contributed by atoms with Gasteiger partial charge in [-0.1, -0.05) is 19.1 Å². The quantitative estimate of drug-likeness (QED) is 0.843. The van der Waals surface area contributed by atoms with Gasteiger partial charge >= 0.3 is 5.97 Å². The van der Waals surface area contributed by atoms with Gasteiger partial charge in [0.25, 0.3) is 0 Å². The van der Waals surface area contributed by atoms with Gasteiger partial charge in [0.2, 0.25) is 0 Å². The van der Waals surface area contributed by atoms with Gasteiger partial charge < -0.3 is 10.4 Å². The lowest BCUT2D eigenvalue weighted by Gasteiger charge is -2.02. The van der Waals surface area contributed by atoms with Crippen LogP contribution in [0, 0.1) is 6.92 Å². The zero-order valence-corrected chi connectivity index (χ0v) is 11.8. The minimum atomic E-state index is -0.819. The normalized spacial score (nSPS) is 10.7. The average molecular weight is 273 g/mol. The van der Waals surface area contributed by atoms with E-state index >= 15 is 0 Å². The number of nitrogens with zero attached hydrogens (tertiary/aromatic N) is 2. The summed E-state index contributed by atoms with van der Waals surface area (Å²) in [5, 5.41) is 16.5. The standard InChI is InChI=1S/C15H19N3O2/c1-3-16-9-13-10-18(17-11(13)2)14-6-4-12(5-7-14)8-15(19)20/h4-7,10,16H,3,8-9H2,1-2H3,(H,19,20). The molecule has 0 aliphatic carbocycles. The second-order valence-electron chi connectivity index (χ2n) is 4.70. The highest BCUT2D eigenvalue weighted by molar-refractivity contribution is 5.70. The van der Waals surface area contributed by atoms with Gasteiger partial charge in [0.1, 0.15) is 0 Å². The molecule has 0 bridgehead atoms. The van der Waals surface area contributed by atoms with Gasteiger partial charge in [-0.05, 0) is 31.2 Å². The van der Waals surface area contributed by atoms with Crippen molar-refractivity contribution in [1.29, 1.82) is 0 Å². The summed E-state index contributed by atoms with van der Waals surface area (Å²) in [6, 6.07) is 7.43. The molecule has 2 N–H and O–H groups in total. The summed E-state index contributed by atoms with van der Waals surface area (Å²) in [7, 11) is 0. The van der Waals surface area contributed by atoms with E-state index in [2.05, 4.69) is 17.3 Å². The average Bonchev–Trinajstić information content (AvgIpc) is 2.78. The first-order valence-corrected chi connectivity index (χ1v) is 6.67. The number of carbonyl (C=O) groups is 1. The van der Waals surface area contributed by atoms with Crippen molar-refractivity contribution in [1.82, 2.24) is 15.1 Å². The molecule has 1 aromatic carbocycles. The van der Waals surface area contributed by atoms with Gasteiger partial charge in [0, 0.05) is 18.3 Å². The van der Waals surface area contributed by atoms with Crippen LogP contribution < -0.4 is 5.32 Å². The van der Waals surface area contributed by atoms with Gasteiger partial charge in [0.05, 0.1) is 17.8 Å². The Morgan fingerprint density at radius 3 is 2.65 bits per heavy atom. The number of aryl methyl sites for hydroxylation is 1. The fourth-order valence-corrected chi connectivity index (χ4v) is 2.00. The Bertz CT molecular complexity index is 588. The molecular weight excluding hydrogens is 254 g/mol. The van der Waals surface area contributed by atoms with Crippen LogP contribution in [0.5, 0.6) is 0 Å². The van der Waals surface area contributed by atoms with Gasteiger partial charge in [-0.25, -0.2) is 4.68 Å². The van der Waals surface area contributed by atoms with Crippen LogP contribution in [-0.2, 0) is 17.8 Å².